The molecule has 0 bridgehead atoms. The number of nitriles is 1. The van der Waals surface area contributed by atoms with Crippen molar-refractivity contribution in [2.75, 3.05) is 13.6 Å². The highest BCUT2D eigenvalue weighted by Crippen LogP contribution is 2.46. The molecule has 21 heavy (non-hydrogen) atoms. The van der Waals surface area contributed by atoms with Gasteiger partial charge in [0.05, 0.1) is 12.6 Å². The van der Waals surface area contributed by atoms with E-state index in [0.29, 0.717) is 10.0 Å². The highest BCUT2D eigenvalue weighted by atomic mass is 32.2. The molecule has 0 saturated heterocycles. The van der Waals surface area contributed by atoms with Crippen LogP contribution in [0.15, 0.2) is 17.1 Å². The van der Waals surface area contributed by atoms with Crippen molar-refractivity contribution in [3.05, 3.63) is 21.9 Å². The van der Waals surface area contributed by atoms with E-state index in [4.69, 9.17) is 5.26 Å². The molecule has 1 aliphatic heterocycles. The fraction of sp³-hybridized carbons (Fsp3) is 0.538. The maximum absolute atomic E-state index is 13.0. The lowest BCUT2D eigenvalue weighted by molar-refractivity contribution is -0.151. The zero-order valence-corrected chi connectivity index (χ0v) is 13.4. The Bertz CT molecular complexity index is 603. The topological polar surface area (TPSA) is 39.4 Å². The molecular weight excluding hydrogens is 319 g/mol. The van der Waals surface area contributed by atoms with Gasteiger partial charge in [-0.1, -0.05) is 11.8 Å². The van der Waals surface area contributed by atoms with E-state index in [1.54, 1.807) is 18.0 Å². The molecule has 8 heteroatoms. The Hall–Kier alpha value is -1.20. The molecule has 0 fully saturated rings. The fourth-order valence-electron chi connectivity index (χ4n) is 1.81. The second-order valence-electron chi connectivity index (χ2n) is 5.03. The van der Waals surface area contributed by atoms with Gasteiger partial charge < -0.3 is 4.90 Å². The molecular formula is C13H14F3N3S2. The normalized spacial score (nSPS) is 23.6. The van der Waals surface area contributed by atoms with Crippen LogP contribution in [0.4, 0.5) is 13.2 Å². The van der Waals surface area contributed by atoms with E-state index in [1.165, 1.54) is 18.3 Å². The number of alkyl halides is 3. The minimum Gasteiger partial charge on any atom is -0.347 e. The largest absolute Gasteiger partial charge is 0.405 e. The average molecular weight is 333 g/mol. The molecule has 0 amide bonds. The van der Waals surface area contributed by atoms with Crippen LogP contribution < -0.4 is 0 Å². The van der Waals surface area contributed by atoms with Gasteiger partial charge in [0, 0.05) is 11.9 Å². The number of thioether (sulfide) groups is 1. The van der Waals surface area contributed by atoms with E-state index in [-0.39, 0.29) is 12.6 Å². The summed E-state index contributed by atoms with van der Waals surface area (Å²) in [7, 11) is 1.73. The van der Waals surface area contributed by atoms with Gasteiger partial charge in [-0.2, -0.15) is 18.4 Å². The average Bonchev–Trinajstić information content (AvgIpc) is 3.03. The van der Waals surface area contributed by atoms with Gasteiger partial charge in [0.15, 0.2) is 5.17 Å². The first kappa shape index (κ1) is 16.2. The minimum absolute atomic E-state index is 0.126. The van der Waals surface area contributed by atoms with Crippen LogP contribution in [0.3, 0.4) is 0 Å². The van der Waals surface area contributed by atoms with Crippen LogP contribution in [0.25, 0.3) is 0 Å². The van der Waals surface area contributed by atoms with Gasteiger partial charge in [-0.3, -0.25) is 4.99 Å². The zero-order valence-electron chi connectivity index (χ0n) is 11.7. The molecule has 2 atom stereocenters. The predicted octanol–water partition coefficient (Wildman–Crippen LogP) is 4.04. The fourth-order valence-corrected chi connectivity index (χ4v) is 3.79. The third-order valence-electron chi connectivity index (χ3n) is 3.46. The summed E-state index contributed by atoms with van der Waals surface area (Å²) in [6.45, 7) is 2.80. The Kier molecular flexibility index (Phi) is 4.26. The van der Waals surface area contributed by atoms with Gasteiger partial charge in [-0.15, -0.1) is 11.3 Å². The molecule has 2 heterocycles. The molecule has 0 aromatic carbocycles. The summed E-state index contributed by atoms with van der Waals surface area (Å²) >= 11 is 2.10. The molecule has 2 rings (SSSR count). The summed E-state index contributed by atoms with van der Waals surface area (Å²) in [6, 6.07) is 5.48. The van der Waals surface area contributed by atoms with Crippen LogP contribution in [0.2, 0.25) is 0 Å². The van der Waals surface area contributed by atoms with Crippen molar-refractivity contribution in [3.63, 3.8) is 0 Å². The molecule has 0 saturated carbocycles. The lowest BCUT2D eigenvalue weighted by Gasteiger charge is -2.29. The SMILES string of the molecule is C[C@@H](c1ccc(C#N)s1)N(C)C1=NCC(C)(C(F)(F)F)S1. The molecule has 0 N–H and O–H groups in total. The van der Waals surface area contributed by atoms with Gasteiger partial charge >= 0.3 is 6.18 Å². The van der Waals surface area contributed by atoms with Crippen LogP contribution in [0, 0.1) is 11.3 Å². The number of thiophene rings is 1. The third-order valence-corrected chi connectivity index (χ3v) is 6.03. The smallest absolute Gasteiger partial charge is 0.347 e. The van der Waals surface area contributed by atoms with Crippen molar-refractivity contribution in [2.45, 2.75) is 30.8 Å². The molecule has 0 aliphatic carbocycles. The molecule has 0 radical (unpaired) electrons. The van der Waals surface area contributed by atoms with E-state index in [1.807, 2.05) is 13.0 Å². The zero-order chi connectivity index (χ0) is 15.8. The maximum atomic E-state index is 13.0. The molecule has 1 aromatic heterocycles. The molecule has 1 unspecified atom stereocenters. The highest BCUT2D eigenvalue weighted by molar-refractivity contribution is 8.15. The predicted molar refractivity (Wildman–Crippen MR) is 79.6 cm³/mol. The van der Waals surface area contributed by atoms with Gasteiger partial charge in [0.25, 0.3) is 0 Å². The van der Waals surface area contributed by atoms with E-state index in [0.717, 1.165) is 16.6 Å². The second kappa shape index (κ2) is 5.54. The first-order valence-corrected chi connectivity index (χ1v) is 7.84. The van der Waals surface area contributed by atoms with Crippen molar-refractivity contribution in [1.82, 2.24) is 4.90 Å². The maximum Gasteiger partial charge on any atom is 0.405 e. The highest BCUT2D eigenvalue weighted by Gasteiger charge is 2.55. The molecule has 3 nitrogen and oxygen atoms in total. The second-order valence-corrected chi connectivity index (χ2v) is 7.62. The van der Waals surface area contributed by atoms with Crippen molar-refractivity contribution in [1.29, 1.82) is 5.26 Å². The monoisotopic (exact) mass is 333 g/mol. The van der Waals surface area contributed by atoms with E-state index < -0.39 is 10.9 Å². The lowest BCUT2D eigenvalue weighted by Crippen LogP contribution is -2.40. The number of halogens is 3. The van der Waals surface area contributed by atoms with Gasteiger partial charge in [0.2, 0.25) is 0 Å². The van der Waals surface area contributed by atoms with Crippen LogP contribution in [0.1, 0.15) is 29.6 Å². The molecule has 0 spiro atoms. The van der Waals surface area contributed by atoms with E-state index in [9.17, 15) is 13.2 Å². The Morgan fingerprint density at radius 2 is 2.14 bits per heavy atom. The molecule has 114 valence electrons. The van der Waals surface area contributed by atoms with E-state index >= 15 is 0 Å². The minimum atomic E-state index is -4.29. The number of nitrogens with zero attached hydrogens (tertiary/aromatic N) is 3. The van der Waals surface area contributed by atoms with Gasteiger partial charge in [-0.05, 0) is 26.0 Å². The summed E-state index contributed by atoms with van der Waals surface area (Å²) in [4.78, 5) is 7.30. The lowest BCUT2D eigenvalue weighted by atomic mass is 10.1. The van der Waals surface area contributed by atoms with Crippen molar-refractivity contribution in [2.24, 2.45) is 4.99 Å². The Morgan fingerprint density at radius 1 is 1.48 bits per heavy atom. The van der Waals surface area contributed by atoms with Crippen molar-refractivity contribution < 1.29 is 13.2 Å². The summed E-state index contributed by atoms with van der Waals surface area (Å²) in [6.07, 6.45) is -4.29. The van der Waals surface area contributed by atoms with E-state index in [2.05, 4.69) is 11.1 Å². The Morgan fingerprint density at radius 3 is 2.62 bits per heavy atom. The Balaban J connectivity index is 2.11. The quantitative estimate of drug-likeness (QED) is 0.820. The van der Waals surface area contributed by atoms with Crippen molar-refractivity contribution in [3.8, 4) is 6.07 Å². The third kappa shape index (κ3) is 3.04. The first-order chi connectivity index (χ1) is 9.68. The van der Waals surface area contributed by atoms with Gasteiger partial charge in [0.1, 0.15) is 15.7 Å². The summed E-state index contributed by atoms with van der Waals surface area (Å²) < 4.78 is 37.2. The van der Waals surface area contributed by atoms with Crippen LogP contribution >= 0.6 is 23.1 Å². The number of rotatable bonds is 2. The summed E-state index contributed by atoms with van der Waals surface area (Å²) in [5.74, 6) is 0. The summed E-state index contributed by atoms with van der Waals surface area (Å²) in [5.41, 5.74) is 0. The number of hydrogen-bond donors (Lipinski definition) is 0. The van der Waals surface area contributed by atoms with Crippen LogP contribution in [-0.4, -0.2) is 34.6 Å². The Labute approximate surface area is 129 Å². The van der Waals surface area contributed by atoms with Crippen LogP contribution in [0.5, 0.6) is 0 Å². The number of amidine groups is 1. The summed E-state index contributed by atoms with van der Waals surface area (Å²) in [5, 5.41) is 9.22. The van der Waals surface area contributed by atoms with Gasteiger partial charge in [-0.25, -0.2) is 0 Å². The van der Waals surface area contributed by atoms with Crippen LogP contribution in [-0.2, 0) is 0 Å². The number of hydrogen-bond acceptors (Lipinski definition) is 5. The molecule has 1 aromatic rings. The first-order valence-electron chi connectivity index (χ1n) is 6.21. The number of aliphatic imine (C=N–C) groups is 1. The molecule has 1 aliphatic rings. The van der Waals surface area contributed by atoms with Crippen molar-refractivity contribution >= 4 is 28.3 Å². The standard InChI is InChI=1S/C13H14F3N3S2/c1-8(10-5-4-9(6-17)20-10)19(3)11-18-7-12(2,21-11)13(14,15)16/h4-5,8H,7H2,1-3H3/t8-,12?/m0/s1.